The second-order valence-corrected chi connectivity index (χ2v) is 7.29. The highest BCUT2D eigenvalue weighted by molar-refractivity contribution is 5.93. The van der Waals surface area contributed by atoms with E-state index >= 15 is 0 Å². The molecule has 2 aromatic rings. The topological polar surface area (TPSA) is 104 Å². The minimum absolute atomic E-state index is 0.0972. The number of nitrogens with one attached hydrogen (secondary N) is 1. The molecule has 7 nitrogen and oxygen atoms in total. The summed E-state index contributed by atoms with van der Waals surface area (Å²) in [5.41, 5.74) is 6.71. The van der Waals surface area contributed by atoms with Crippen molar-refractivity contribution in [2.75, 3.05) is 18.8 Å². The molecule has 138 valence electrons. The van der Waals surface area contributed by atoms with Gasteiger partial charge in [-0.2, -0.15) is 5.10 Å². The first kappa shape index (κ1) is 17.1. The van der Waals surface area contributed by atoms with E-state index in [1.807, 2.05) is 30.3 Å². The number of aromatic amines is 1. The van der Waals surface area contributed by atoms with Crippen LogP contribution in [0.25, 0.3) is 0 Å². The molecule has 0 saturated carbocycles. The number of carbonyl (C=O) groups excluding carboxylic acids is 1. The third-order valence-electron chi connectivity index (χ3n) is 5.45. The molecule has 0 unspecified atom stereocenters. The molecule has 1 aromatic carbocycles. The molecule has 1 amide bonds. The van der Waals surface area contributed by atoms with Crippen LogP contribution in [0.1, 0.15) is 47.8 Å². The third kappa shape index (κ3) is 3.32. The number of H-pyrrole nitrogens is 1. The van der Waals surface area contributed by atoms with E-state index in [9.17, 15) is 9.90 Å². The van der Waals surface area contributed by atoms with Gasteiger partial charge in [-0.3, -0.25) is 9.89 Å². The van der Waals surface area contributed by atoms with Crippen molar-refractivity contribution >= 4 is 11.7 Å². The number of rotatable bonds is 2. The lowest BCUT2D eigenvalue weighted by molar-refractivity contribution is -0.181. The number of amides is 1. The number of aliphatic hydroxyl groups is 1. The van der Waals surface area contributed by atoms with Gasteiger partial charge in [-0.25, -0.2) is 0 Å². The largest absolute Gasteiger partial charge is 0.393 e. The van der Waals surface area contributed by atoms with E-state index in [1.54, 1.807) is 11.0 Å². The normalized spacial score (nSPS) is 25.3. The zero-order valence-corrected chi connectivity index (χ0v) is 14.6. The summed E-state index contributed by atoms with van der Waals surface area (Å²) in [7, 11) is 0. The third-order valence-corrected chi connectivity index (χ3v) is 5.45. The molecule has 2 saturated heterocycles. The van der Waals surface area contributed by atoms with Gasteiger partial charge in [0.15, 0.2) is 0 Å². The van der Waals surface area contributed by atoms with Crippen LogP contribution >= 0.6 is 0 Å². The van der Waals surface area contributed by atoms with Crippen molar-refractivity contribution in [1.29, 1.82) is 0 Å². The Morgan fingerprint density at radius 3 is 2.69 bits per heavy atom. The molecule has 1 aromatic heterocycles. The molecular formula is C19H24N4O3. The summed E-state index contributed by atoms with van der Waals surface area (Å²) in [5.74, 6) is 0.214. The fraction of sp³-hybridized carbons (Fsp3) is 0.474. The number of hydrogen-bond donors (Lipinski definition) is 3. The predicted octanol–water partition coefficient (Wildman–Crippen LogP) is 1.88. The number of aromatic nitrogens is 2. The summed E-state index contributed by atoms with van der Waals surface area (Å²) in [6.45, 7) is 1.18. The smallest absolute Gasteiger partial charge is 0.271 e. The van der Waals surface area contributed by atoms with E-state index in [0.717, 1.165) is 5.56 Å². The van der Waals surface area contributed by atoms with Gasteiger partial charge >= 0.3 is 0 Å². The van der Waals surface area contributed by atoms with Crippen molar-refractivity contribution < 1.29 is 14.6 Å². The van der Waals surface area contributed by atoms with Crippen molar-refractivity contribution in [3.8, 4) is 0 Å². The van der Waals surface area contributed by atoms with Crippen LogP contribution in [0, 0.1) is 0 Å². The molecular weight excluding hydrogens is 332 g/mol. The van der Waals surface area contributed by atoms with Crippen LogP contribution in [0.3, 0.4) is 0 Å². The fourth-order valence-electron chi connectivity index (χ4n) is 4.09. The molecule has 26 heavy (non-hydrogen) atoms. The summed E-state index contributed by atoms with van der Waals surface area (Å²) < 4.78 is 6.47. The van der Waals surface area contributed by atoms with Crippen molar-refractivity contribution in [1.82, 2.24) is 15.1 Å². The number of benzene rings is 1. The molecule has 0 radical (unpaired) electrons. The molecule has 0 aliphatic carbocycles. The maximum atomic E-state index is 12.5. The first-order chi connectivity index (χ1) is 12.5. The Hall–Kier alpha value is -2.38. The van der Waals surface area contributed by atoms with E-state index in [4.69, 9.17) is 10.5 Å². The quantitative estimate of drug-likeness (QED) is 0.762. The first-order valence-electron chi connectivity index (χ1n) is 9.06. The number of nitrogen functional groups attached to an aromatic ring is 1. The molecule has 4 rings (SSSR count). The van der Waals surface area contributed by atoms with Gasteiger partial charge in [-0.15, -0.1) is 0 Å². The number of hydrogen-bond acceptors (Lipinski definition) is 5. The lowest BCUT2D eigenvalue weighted by atomic mass is 9.81. The van der Waals surface area contributed by atoms with Gasteiger partial charge in [-0.1, -0.05) is 30.3 Å². The Morgan fingerprint density at radius 1 is 1.31 bits per heavy atom. The van der Waals surface area contributed by atoms with Crippen molar-refractivity contribution in [2.24, 2.45) is 0 Å². The highest BCUT2D eigenvalue weighted by Gasteiger charge is 2.44. The van der Waals surface area contributed by atoms with Crippen LogP contribution in [0.5, 0.6) is 0 Å². The Kier molecular flexibility index (Phi) is 4.42. The molecule has 0 bridgehead atoms. The minimum Gasteiger partial charge on any atom is -0.393 e. The maximum Gasteiger partial charge on any atom is 0.271 e. The number of aliphatic hydroxyl groups excluding tert-OH is 1. The number of carbonyl (C=O) groups is 1. The molecule has 1 spiro atoms. The van der Waals surface area contributed by atoms with Gasteiger partial charge in [0.05, 0.1) is 17.8 Å². The number of piperidine rings is 1. The van der Waals surface area contributed by atoms with Crippen LogP contribution in [0.15, 0.2) is 36.4 Å². The van der Waals surface area contributed by atoms with E-state index in [1.165, 1.54) is 0 Å². The summed E-state index contributed by atoms with van der Waals surface area (Å²) >= 11 is 0. The van der Waals surface area contributed by atoms with Gasteiger partial charge < -0.3 is 20.5 Å². The number of nitrogens with zero attached hydrogens (tertiary/aromatic N) is 2. The van der Waals surface area contributed by atoms with Crippen molar-refractivity contribution in [2.45, 2.75) is 43.5 Å². The average Bonchev–Trinajstić information content (AvgIpc) is 3.08. The summed E-state index contributed by atoms with van der Waals surface area (Å²) in [5, 5.41) is 16.9. The monoisotopic (exact) mass is 356 g/mol. The van der Waals surface area contributed by atoms with Crippen LogP contribution in [-0.4, -0.2) is 50.9 Å². The standard InChI is InChI=1S/C19H24N4O3/c20-17-11-15(21-22-17)18(25)23-8-6-19(7-9-23)12-14(24)10-16(26-19)13-4-2-1-3-5-13/h1-5,11,14,16,24H,6-10,12H2,(H3,20,21,22)/t14-,16+/m0/s1. The van der Waals surface area contributed by atoms with Gasteiger partial charge in [0.25, 0.3) is 5.91 Å². The lowest BCUT2D eigenvalue weighted by Crippen LogP contribution is -2.52. The van der Waals surface area contributed by atoms with Crippen molar-refractivity contribution in [3.63, 3.8) is 0 Å². The summed E-state index contributed by atoms with van der Waals surface area (Å²) in [6.07, 6.45) is 2.17. The van der Waals surface area contributed by atoms with E-state index in [2.05, 4.69) is 10.2 Å². The van der Waals surface area contributed by atoms with E-state index in [-0.39, 0.29) is 23.7 Å². The zero-order valence-electron chi connectivity index (χ0n) is 14.6. The minimum atomic E-state index is -0.386. The van der Waals surface area contributed by atoms with Gasteiger partial charge in [-0.05, 0) is 18.4 Å². The predicted molar refractivity (Wildman–Crippen MR) is 96.4 cm³/mol. The molecule has 3 heterocycles. The molecule has 2 aliphatic rings. The second-order valence-electron chi connectivity index (χ2n) is 7.29. The number of ether oxygens (including phenoxy) is 1. The Balaban J connectivity index is 1.44. The van der Waals surface area contributed by atoms with Crippen LogP contribution < -0.4 is 5.73 Å². The van der Waals surface area contributed by atoms with Crippen LogP contribution in [-0.2, 0) is 4.74 Å². The van der Waals surface area contributed by atoms with Gasteiger partial charge in [0, 0.05) is 32.0 Å². The lowest BCUT2D eigenvalue weighted by Gasteiger charge is -2.48. The fourth-order valence-corrected chi connectivity index (χ4v) is 4.09. The average molecular weight is 356 g/mol. The molecule has 7 heteroatoms. The Bertz CT molecular complexity index is 768. The molecule has 2 aliphatic heterocycles. The Morgan fingerprint density at radius 2 is 2.04 bits per heavy atom. The van der Waals surface area contributed by atoms with E-state index in [0.29, 0.717) is 50.3 Å². The SMILES string of the molecule is Nc1cc(C(=O)N2CCC3(CC2)C[C@@H](O)C[C@H](c2ccccc2)O3)[nH]n1. The number of likely N-dealkylation sites (tertiary alicyclic amines) is 1. The van der Waals surface area contributed by atoms with Gasteiger partial charge in [0.2, 0.25) is 0 Å². The van der Waals surface area contributed by atoms with Gasteiger partial charge in [0.1, 0.15) is 11.5 Å². The summed E-state index contributed by atoms with van der Waals surface area (Å²) in [4.78, 5) is 14.3. The van der Waals surface area contributed by atoms with E-state index < -0.39 is 0 Å². The number of nitrogens with two attached hydrogens (primary N) is 1. The zero-order chi connectivity index (χ0) is 18.1. The van der Waals surface area contributed by atoms with Crippen LogP contribution in [0.2, 0.25) is 0 Å². The maximum absolute atomic E-state index is 12.5. The Labute approximate surface area is 152 Å². The molecule has 2 fully saturated rings. The number of anilines is 1. The second kappa shape index (κ2) is 6.74. The molecule has 4 N–H and O–H groups in total. The highest BCUT2D eigenvalue weighted by Crippen LogP contribution is 2.43. The summed E-state index contributed by atoms with van der Waals surface area (Å²) in [6, 6.07) is 11.6. The highest BCUT2D eigenvalue weighted by atomic mass is 16.5. The molecule has 2 atom stereocenters. The van der Waals surface area contributed by atoms with Crippen LogP contribution in [0.4, 0.5) is 5.82 Å². The van der Waals surface area contributed by atoms with Crippen molar-refractivity contribution in [3.05, 3.63) is 47.7 Å². The first-order valence-corrected chi connectivity index (χ1v) is 9.06.